The Morgan fingerprint density at radius 2 is 1.85 bits per heavy atom. The number of aromatic nitrogens is 3. The lowest BCUT2D eigenvalue weighted by molar-refractivity contribution is -0.120. The maximum absolute atomic E-state index is 12.9. The zero-order valence-electron chi connectivity index (χ0n) is 19.4. The average Bonchev–Trinajstić information content (AvgIpc) is 3.26. The fraction of sp³-hybridized carbons (Fsp3) is 0.400. The molecular weight excluding hydrogens is 434 g/mol. The minimum absolute atomic E-state index is 0.00510. The molecule has 0 radical (unpaired) electrons. The lowest BCUT2D eigenvalue weighted by Crippen LogP contribution is -2.38. The Kier molecular flexibility index (Phi) is 7.67. The first-order valence-electron chi connectivity index (χ1n) is 11.4. The molecule has 174 valence electrons. The molecule has 1 fully saturated rings. The maximum Gasteiger partial charge on any atom is 0.233 e. The molecule has 1 N–H and O–H groups in total. The number of aryl methyl sites for hydroxylation is 1. The highest BCUT2D eigenvalue weighted by molar-refractivity contribution is 8.00. The van der Waals surface area contributed by atoms with Gasteiger partial charge in [0.25, 0.3) is 0 Å². The van der Waals surface area contributed by atoms with Crippen LogP contribution in [0.4, 0.5) is 5.95 Å². The van der Waals surface area contributed by atoms with Gasteiger partial charge >= 0.3 is 0 Å². The molecule has 1 saturated heterocycles. The first kappa shape index (κ1) is 23.3. The van der Waals surface area contributed by atoms with Gasteiger partial charge in [-0.15, -0.1) is 10.2 Å². The highest BCUT2D eigenvalue weighted by Crippen LogP contribution is 2.30. The van der Waals surface area contributed by atoms with Gasteiger partial charge in [0, 0.05) is 19.6 Å². The van der Waals surface area contributed by atoms with Gasteiger partial charge in [0.05, 0.1) is 24.2 Å². The van der Waals surface area contributed by atoms with Gasteiger partial charge in [0.2, 0.25) is 11.9 Å². The van der Waals surface area contributed by atoms with Gasteiger partial charge < -0.3 is 15.0 Å². The third kappa shape index (κ3) is 5.75. The largest absolute Gasteiger partial charge is 0.378 e. The Morgan fingerprint density at radius 3 is 2.58 bits per heavy atom. The van der Waals surface area contributed by atoms with Crippen molar-refractivity contribution in [1.29, 1.82) is 0 Å². The second kappa shape index (κ2) is 10.9. The molecule has 0 spiro atoms. The van der Waals surface area contributed by atoms with Gasteiger partial charge in [-0.05, 0) is 43.0 Å². The number of anilines is 1. The summed E-state index contributed by atoms with van der Waals surface area (Å²) in [6.07, 6.45) is 0. The molecule has 33 heavy (non-hydrogen) atoms. The Labute approximate surface area is 199 Å². The van der Waals surface area contributed by atoms with E-state index in [1.807, 2.05) is 31.2 Å². The van der Waals surface area contributed by atoms with Crippen molar-refractivity contribution in [3.05, 3.63) is 65.7 Å². The Hall–Kier alpha value is -2.84. The van der Waals surface area contributed by atoms with Crippen molar-refractivity contribution < 1.29 is 9.53 Å². The van der Waals surface area contributed by atoms with Crippen LogP contribution in [0.1, 0.15) is 30.9 Å². The van der Waals surface area contributed by atoms with Crippen LogP contribution in [0.2, 0.25) is 0 Å². The highest BCUT2D eigenvalue weighted by Gasteiger charge is 2.25. The molecule has 0 aliphatic carbocycles. The van der Waals surface area contributed by atoms with Crippen LogP contribution in [0.3, 0.4) is 0 Å². The number of nitrogens with one attached hydrogen (secondary N) is 1. The number of rotatable bonds is 8. The second-order valence-corrected chi connectivity index (χ2v) is 9.68. The molecule has 1 aromatic heterocycles. The van der Waals surface area contributed by atoms with Crippen molar-refractivity contribution in [2.24, 2.45) is 0 Å². The van der Waals surface area contributed by atoms with Crippen LogP contribution >= 0.6 is 11.8 Å². The predicted molar refractivity (Wildman–Crippen MR) is 132 cm³/mol. The van der Waals surface area contributed by atoms with Crippen molar-refractivity contribution in [3.8, 4) is 5.69 Å². The number of ether oxygens (including phenoxy) is 1. The fourth-order valence-corrected chi connectivity index (χ4v) is 4.70. The van der Waals surface area contributed by atoms with Gasteiger partial charge in [-0.25, -0.2) is 0 Å². The number of carbonyl (C=O) groups excluding carboxylic acids is 1. The molecule has 1 aliphatic rings. The second-order valence-electron chi connectivity index (χ2n) is 8.37. The molecular formula is C25H31N5O2S. The van der Waals surface area contributed by atoms with Crippen LogP contribution in [0.15, 0.2) is 59.8 Å². The Morgan fingerprint density at radius 1 is 1.09 bits per heavy atom. The molecule has 2 atom stereocenters. The fourth-order valence-electron chi connectivity index (χ4n) is 3.81. The van der Waals surface area contributed by atoms with Gasteiger partial charge in [-0.1, -0.05) is 61.2 Å². The van der Waals surface area contributed by atoms with Crippen molar-refractivity contribution in [2.45, 2.75) is 37.1 Å². The molecule has 3 aromatic rings. The first-order valence-corrected chi connectivity index (χ1v) is 12.3. The monoisotopic (exact) mass is 465 g/mol. The third-order valence-electron chi connectivity index (χ3n) is 5.77. The SMILES string of the molecule is Cc1cccc(-n2c(SC(C)C(=O)NCC(C)c3ccccc3)nnc2N2CCOCC2)c1. The van der Waals surface area contributed by atoms with E-state index in [1.54, 1.807) is 0 Å². The normalized spacial score (nSPS) is 15.8. The maximum atomic E-state index is 12.9. The highest BCUT2D eigenvalue weighted by atomic mass is 32.2. The first-order chi connectivity index (χ1) is 16.0. The summed E-state index contributed by atoms with van der Waals surface area (Å²) in [6, 6.07) is 18.5. The van der Waals surface area contributed by atoms with Crippen LogP contribution in [-0.4, -0.2) is 58.8 Å². The predicted octanol–water partition coefficient (Wildman–Crippen LogP) is 3.81. The Balaban J connectivity index is 1.49. The zero-order valence-corrected chi connectivity index (χ0v) is 20.2. The summed E-state index contributed by atoms with van der Waals surface area (Å²) >= 11 is 1.43. The summed E-state index contributed by atoms with van der Waals surface area (Å²) in [6.45, 7) is 9.57. The van der Waals surface area contributed by atoms with E-state index in [0.717, 1.165) is 30.3 Å². The minimum atomic E-state index is -0.307. The molecule has 1 amide bonds. The molecule has 2 unspecified atom stereocenters. The summed E-state index contributed by atoms with van der Waals surface area (Å²) in [5, 5.41) is 12.5. The number of benzene rings is 2. The molecule has 2 heterocycles. The summed E-state index contributed by atoms with van der Waals surface area (Å²) in [4.78, 5) is 15.1. The summed E-state index contributed by atoms with van der Waals surface area (Å²) in [7, 11) is 0. The number of morpholine rings is 1. The van der Waals surface area contributed by atoms with E-state index in [2.05, 4.69) is 69.2 Å². The van der Waals surface area contributed by atoms with Crippen molar-refractivity contribution in [3.63, 3.8) is 0 Å². The smallest absolute Gasteiger partial charge is 0.233 e. The van der Waals surface area contributed by atoms with Gasteiger partial charge in [-0.3, -0.25) is 9.36 Å². The molecule has 0 bridgehead atoms. The van der Waals surface area contributed by atoms with Crippen LogP contribution in [0.5, 0.6) is 0 Å². The third-order valence-corrected chi connectivity index (χ3v) is 6.82. The number of carbonyl (C=O) groups is 1. The number of hydrogen-bond acceptors (Lipinski definition) is 6. The number of nitrogens with zero attached hydrogens (tertiary/aromatic N) is 4. The van der Waals surface area contributed by atoms with Crippen molar-refractivity contribution >= 4 is 23.6 Å². The van der Waals surface area contributed by atoms with E-state index in [1.165, 1.54) is 17.3 Å². The molecule has 0 saturated carbocycles. The van der Waals surface area contributed by atoms with Crippen LogP contribution in [0, 0.1) is 6.92 Å². The topological polar surface area (TPSA) is 72.3 Å². The summed E-state index contributed by atoms with van der Waals surface area (Å²) in [5.41, 5.74) is 3.37. The average molecular weight is 466 g/mol. The quantitative estimate of drug-likeness (QED) is 0.510. The van der Waals surface area contributed by atoms with E-state index in [9.17, 15) is 4.79 Å². The van der Waals surface area contributed by atoms with Gasteiger partial charge in [-0.2, -0.15) is 0 Å². The van der Waals surface area contributed by atoms with E-state index < -0.39 is 0 Å². The van der Waals surface area contributed by atoms with Gasteiger partial charge in [0.15, 0.2) is 5.16 Å². The van der Waals surface area contributed by atoms with Gasteiger partial charge in [0.1, 0.15) is 0 Å². The van der Waals surface area contributed by atoms with Crippen molar-refractivity contribution in [2.75, 3.05) is 37.7 Å². The number of thioether (sulfide) groups is 1. The zero-order chi connectivity index (χ0) is 23.2. The number of hydrogen-bond donors (Lipinski definition) is 1. The van der Waals surface area contributed by atoms with E-state index >= 15 is 0 Å². The lowest BCUT2D eigenvalue weighted by Gasteiger charge is -2.28. The van der Waals surface area contributed by atoms with E-state index in [0.29, 0.717) is 24.9 Å². The molecule has 1 aliphatic heterocycles. The Bertz CT molecular complexity index is 1070. The lowest BCUT2D eigenvalue weighted by atomic mass is 10.0. The van der Waals surface area contributed by atoms with E-state index in [-0.39, 0.29) is 17.1 Å². The summed E-state index contributed by atoms with van der Waals surface area (Å²) in [5.74, 6) is 1.03. The molecule has 4 rings (SSSR count). The molecule has 8 heteroatoms. The van der Waals surface area contributed by atoms with Crippen LogP contribution < -0.4 is 10.2 Å². The van der Waals surface area contributed by atoms with E-state index in [4.69, 9.17) is 4.74 Å². The van der Waals surface area contributed by atoms with Crippen molar-refractivity contribution in [1.82, 2.24) is 20.1 Å². The van der Waals surface area contributed by atoms with Crippen LogP contribution in [-0.2, 0) is 9.53 Å². The minimum Gasteiger partial charge on any atom is -0.378 e. The molecule has 7 nitrogen and oxygen atoms in total. The number of amides is 1. The summed E-state index contributed by atoms with van der Waals surface area (Å²) < 4.78 is 7.56. The molecule has 2 aromatic carbocycles. The van der Waals surface area contributed by atoms with Crippen LogP contribution in [0.25, 0.3) is 5.69 Å². The standard InChI is InChI=1S/C25H31N5O2S/c1-18-8-7-11-22(16-18)30-24(29-12-14-32-15-13-29)27-28-25(30)33-20(3)23(31)26-17-19(2)21-9-5-4-6-10-21/h4-11,16,19-20H,12-15,17H2,1-3H3,(H,26,31).